The molecule has 1 aromatic heterocycles. The summed E-state index contributed by atoms with van der Waals surface area (Å²) in [6.45, 7) is 6.29. The molecular formula is C25H29FKN3. The molecule has 0 aliphatic carbocycles. The predicted octanol–water partition coefficient (Wildman–Crippen LogP) is 2.51. The topological polar surface area (TPSA) is 48.7 Å². The van der Waals surface area contributed by atoms with Gasteiger partial charge in [0.1, 0.15) is 5.82 Å². The fourth-order valence-corrected chi connectivity index (χ4v) is 2.23. The molecule has 0 bridgehead atoms. The summed E-state index contributed by atoms with van der Waals surface area (Å²) < 4.78 is 11.9. The molecule has 0 unspecified atom stereocenters. The van der Waals surface area contributed by atoms with Gasteiger partial charge in [-0.3, -0.25) is 0 Å². The molecule has 0 amide bonds. The molecule has 1 N–H and O–H groups in total. The van der Waals surface area contributed by atoms with Crippen LogP contribution < -0.4 is 56.7 Å². The maximum absolute atomic E-state index is 11.9. The van der Waals surface area contributed by atoms with Gasteiger partial charge in [-0.25, -0.2) is 4.39 Å². The maximum atomic E-state index is 11.9. The molecule has 0 fully saturated rings. The van der Waals surface area contributed by atoms with E-state index in [1.807, 2.05) is 43.3 Å². The molecule has 0 atom stereocenters. The summed E-state index contributed by atoms with van der Waals surface area (Å²) in [5.41, 5.74) is 3.11. The molecule has 3 rings (SSSR count). The van der Waals surface area contributed by atoms with E-state index in [0.29, 0.717) is 0 Å². The van der Waals surface area contributed by atoms with Crippen LogP contribution >= 0.6 is 0 Å². The van der Waals surface area contributed by atoms with Crippen LogP contribution in [-0.2, 0) is 6.42 Å². The van der Waals surface area contributed by atoms with Crippen molar-refractivity contribution in [1.82, 2.24) is 10.3 Å². The van der Waals surface area contributed by atoms with Gasteiger partial charge in [-0.05, 0) is 55.8 Å². The number of hydrogen-bond donors (Lipinski definition) is 1. The van der Waals surface area contributed by atoms with E-state index in [2.05, 4.69) is 29.5 Å². The number of nitrogens with zero attached hydrogens (tertiary/aromatic N) is 2. The molecule has 30 heavy (non-hydrogen) atoms. The second-order valence-electron chi connectivity index (χ2n) is 6.39. The first kappa shape index (κ1) is 28.6. The average Bonchev–Trinajstić information content (AvgIpc) is 2.76. The Balaban J connectivity index is 0.000000467. The molecule has 0 saturated carbocycles. The number of pyridine rings is 1. The minimum Gasteiger partial charge on any atom is -0.394 e. The molecule has 3 aromatic rings. The first-order valence-corrected chi connectivity index (χ1v) is 9.85. The van der Waals surface area contributed by atoms with E-state index in [9.17, 15) is 4.39 Å². The van der Waals surface area contributed by atoms with Crippen molar-refractivity contribution in [3.8, 4) is 6.07 Å². The van der Waals surface area contributed by atoms with Crippen molar-refractivity contribution in [3.05, 3.63) is 102 Å². The molecule has 0 aliphatic rings. The Bertz CT molecular complexity index is 766. The van der Waals surface area contributed by atoms with Crippen LogP contribution in [0.25, 0.3) is 0 Å². The van der Waals surface area contributed by atoms with Gasteiger partial charge in [-0.2, -0.15) is 17.4 Å². The van der Waals surface area contributed by atoms with E-state index in [-0.39, 0.29) is 57.2 Å². The molecule has 3 nitrogen and oxygen atoms in total. The molecule has 152 valence electrons. The normalized spacial score (nSPS) is 9.00. The van der Waals surface area contributed by atoms with Gasteiger partial charge in [0.05, 0.1) is 11.6 Å². The molecular weight excluding hydrogens is 400 g/mol. The first-order valence-electron chi connectivity index (χ1n) is 9.85. The third kappa shape index (κ3) is 15.4. The Hall–Kier alpha value is -1.39. The van der Waals surface area contributed by atoms with Crippen LogP contribution in [0.1, 0.15) is 36.5 Å². The van der Waals surface area contributed by atoms with Crippen LogP contribution in [0.4, 0.5) is 4.39 Å². The summed E-state index contributed by atoms with van der Waals surface area (Å²) >= 11 is 0. The van der Waals surface area contributed by atoms with E-state index in [1.54, 1.807) is 24.4 Å². The standard InChI is InChI=1S/C13H18N2.C6H5F.C6H6N.K/c1-2-3-9-15-10-8-12-4-6-13(11-14)7-5-12;7-6-4-2-1-3-5-6;1-6-3-2-4-7-5-6;/h4-7,15H,2-3,8-10H2,1H3;1-5H;2-4H,1H3;/q;;-1;+1. The minimum absolute atomic E-state index is 0. The Morgan fingerprint density at radius 1 is 1.00 bits per heavy atom. The van der Waals surface area contributed by atoms with Crippen LogP contribution in [0.5, 0.6) is 0 Å². The summed E-state index contributed by atoms with van der Waals surface area (Å²) in [6, 6.07) is 21.7. The predicted molar refractivity (Wildman–Crippen MR) is 117 cm³/mol. The van der Waals surface area contributed by atoms with E-state index in [1.165, 1.54) is 30.5 Å². The number of benzene rings is 2. The number of hydrogen-bond acceptors (Lipinski definition) is 3. The van der Waals surface area contributed by atoms with Crippen LogP contribution in [-0.4, -0.2) is 18.1 Å². The van der Waals surface area contributed by atoms with Crippen LogP contribution in [0.2, 0.25) is 0 Å². The van der Waals surface area contributed by atoms with Crippen LogP contribution in [0.15, 0.2) is 72.9 Å². The zero-order chi connectivity index (χ0) is 21.2. The van der Waals surface area contributed by atoms with Gasteiger partial charge in [0, 0.05) is 0 Å². The first-order chi connectivity index (χ1) is 14.2. The van der Waals surface area contributed by atoms with Gasteiger partial charge in [0.2, 0.25) is 0 Å². The van der Waals surface area contributed by atoms with Gasteiger partial charge >= 0.3 is 51.4 Å². The Morgan fingerprint density at radius 2 is 1.70 bits per heavy atom. The van der Waals surface area contributed by atoms with Gasteiger partial charge < -0.3 is 10.3 Å². The van der Waals surface area contributed by atoms with Crippen LogP contribution in [0, 0.1) is 30.3 Å². The number of unbranched alkanes of at least 4 members (excludes halogenated alkanes) is 1. The van der Waals surface area contributed by atoms with Crippen LogP contribution in [0.3, 0.4) is 0 Å². The number of nitriles is 1. The molecule has 2 aromatic carbocycles. The third-order valence-electron chi connectivity index (χ3n) is 3.86. The average molecular weight is 430 g/mol. The second kappa shape index (κ2) is 19.6. The summed E-state index contributed by atoms with van der Waals surface area (Å²) in [6.07, 6.45) is 8.02. The van der Waals surface area contributed by atoms with Crippen molar-refractivity contribution >= 4 is 0 Å². The smallest absolute Gasteiger partial charge is 0.394 e. The fourth-order valence-electron chi connectivity index (χ4n) is 2.23. The molecule has 0 spiro atoms. The van der Waals surface area contributed by atoms with Crippen molar-refractivity contribution in [1.29, 1.82) is 5.26 Å². The van der Waals surface area contributed by atoms with Crippen molar-refractivity contribution in [3.63, 3.8) is 0 Å². The maximum Gasteiger partial charge on any atom is 1.00 e. The monoisotopic (exact) mass is 429 g/mol. The fraction of sp³-hybridized carbons (Fsp3) is 0.280. The van der Waals surface area contributed by atoms with Crippen molar-refractivity contribution in [2.24, 2.45) is 0 Å². The SMILES string of the molecule is CCCCNCCc1ccc(C#N)cc1.Cc1[c-]nccc1.Fc1ccccc1.[K+]. The quantitative estimate of drug-likeness (QED) is 0.372. The Morgan fingerprint density at radius 3 is 2.13 bits per heavy atom. The second-order valence-corrected chi connectivity index (χ2v) is 6.39. The molecule has 0 aliphatic heterocycles. The minimum atomic E-state index is -0.178. The van der Waals surface area contributed by atoms with Gasteiger partial charge in [0.25, 0.3) is 0 Å². The van der Waals surface area contributed by atoms with E-state index >= 15 is 0 Å². The summed E-state index contributed by atoms with van der Waals surface area (Å²) in [4.78, 5) is 3.76. The largest absolute Gasteiger partial charge is 1.00 e. The molecule has 1 heterocycles. The number of aromatic nitrogens is 1. The number of rotatable bonds is 6. The molecule has 0 saturated heterocycles. The van der Waals surface area contributed by atoms with Gasteiger partial charge in [-0.1, -0.05) is 63.0 Å². The third-order valence-corrected chi connectivity index (χ3v) is 3.86. The van der Waals surface area contributed by atoms with E-state index < -0.39 is 0 Å². The van der Waals surface area contributed by atoms with Crippen molar-refractivity contribution in [2.45, 2.75) is 33.1 Å². The van der Waals surface area contributed by atoms with Crippen molar-refractivity contribution < 1.29 is 55.8 Å². The zero-order valence-corrected chi connectivity index (χ0v) is 21.4. The number of halogens is 1. The summed E-state index contributed by atoms with van der Waals surface area (Å²) in [5, 5.41) is 12.0. The Labute approximate surface area is 223 Å². The molecule has 0 radical (unpaired) electrons. The number of aryl methyl sites for hydroxylation is 1. The van der Waals surface area contributed by atoms with Crippen molar-refractivity contribution in [2.75, 3.05) is 13.1 Å². The summed E-state index contributed by atoms with van der Waals surface area (Å²) in [5.74, 6) is -0.178. The molecule has 5 heteroatoms. The Kier molecular flexibility index (Phi) is 18.7. The number of nitrogens with one attached hydrogen (secondary N) is 1. The van der Waals surface area contributed by atoms with Gasteiger partial charge in [-0.15, -0.1) is 5.56 Å². The zero-order valence-electron chi connectivity index (χ0n) is 18.2. The summed E-state index contributed by atoms with van der Waals surface area (Å²) in [7, 11) is 0. The van der Waals surface area contributed by atoms with Gasteiger partial charge in [0.15, 0.2) is 0 Å². The van der Waals surface area contributed by atoms with E-state index in [0.717, 1.165) is 30.6 Å². The van der Waals surface area contributed by atoms with E-state index in [4.69, 9.17) is 5.26 Å².